The van der Waals surface area contributed by atoms with Crippen molar-refractivity contribution in [3.8, 4) is 10.9 Å². The average Bonchev–Trinajstić information content (AvgIpc) is 3.20. The maximum absolute atomic E-state index is 11.8. The van der Waals surface area contributed by atoms with E-state index in [0.29, 0.717) is 11.2 Å². The molecule has 8 nitrogen and oxygen atoms in total. The second kappa shape index (κ2) is 8.07. The zero-order chi connectivity index (χ0) is 19.6. The highest BCUT2D eigenvalue weighted by Gasteiger charge is 2.38. The van der Waals surface area contributed by atoms with E-state index in [9.17, 15) is 14.6 Å². The number of rotatable bonds is 6. The van der Waals surface area contributed by atoms with Gasteiger partial charge in [0.15, 0.2) is 5.69 Å². The summed E-state index contributed by atoms with van der Waals surface area (Å²) in [6.07, 6.45) is -0.553. The van der Waals surface area contributed by atoms with Gasteiger partial charge in [0, 0.05) is 5.38 Å². The van der Waals surface area contributed by atoms with E-state index in [4.69, 9.17) is 14.1 Å². The molecule has 0 spiro atoms. The normalized spacial score (nSPS) is 15.4. The largest absolute Gasteiger partial charge is 0.492 e. The van der Waals surface area contributed by atoms with Gasteiger partial charge in [-0.1, -0.05) is 11.3 Å². The molecule has 2 heterocycles. The Kier molecular flexibility index (Phi) is 5.78. The predicted molar refractivity (Wildman–Crippen MR) is 97.4 cm³/mol. The number of fused-ring (bicyclic) bond motifs is 1. The maximum Gasteiger partial charge on any atom is 0.492 e. The summed E-state index contributed by atoms with van der Waals surface area (Å²) in [7, 11) is 0.115. The molecule has 2 aromatic rings. The van der Waals surface area contributed by atoms with E-state index in [1.54, 1.807) is 19.1 Å². The summed E-state index contributed by atoms with van der Waals surface area (Å²) >= 11 is 1.15. The number of hydrogen-bond donors (Lipinski definition) is 1. The van der Waals surface area contributed by atoms with Crippen LogP contribution < -0.4 is 10.2 Å². The van der Waals surface area contributed by atoms with E-state index in [0.717, 1.165) is 22.5 Å². The lowest BCUT2D eigenvalue weighted by atomic mass is 9.77. The third-order valence-electron chi connectivity index (χ3n) is 4.01. The van der Waals surface area contributed by atoms with Gasteiger partial charge in [0.1, 0.15) is 5.75 Å². The van der Waals surface area contributed by atoms with Crippen molar-refractivity contribution in [1.29, 1.82) is 0 Å². The second-order valence-electron chi connectivity index (χ2n) is 5.82. The quantitative estimate of drug-likeness (QED) is 0.587. The number of hydrogen-bond acceptors (Lipinski definition) is 9. The van der Waals surface area contributed by atoms with Gasteiger partial charge < -0.3 is 23.9 Å². The van der Waals surface area contributed by atoms with Crippen LogP contribution in [0.1, 0.15) is 41.1 Å². The number of carbonyl (C=O) groups is 2. The van der Waals surface area contributed by atoms with Crippen LogP contribution in [-0.2, 0) is 18.9 Å². The van der Waals surface area contributed by atoms with Gasteiger partial charge in [0.2, 0.25) is 0 Å². The lowest BCUT2D eigenvalue weighted by Gasteiger charge is -2.14. The van der Waals surface area contributed by atoms with Crippen LogP contribution in [0.2, 0.25) is 0 Å². The molecule has 142 valence electrons. The van der Waals surface area contributed by atoms with E-state index < -0.39 is 19.2 Å². The smallest absolute Gasteiger partial charge is 0.466 e. The van der Waals surface area contributed by atoms with Gasteiger partial charge in [0.25, 0.3) is 5.19 Å². The maximum atomic E-state index is 11.8. The van der Waals surface area contributed by atoms with Crippen LogP contribution in [0, 0.1) is 6.92 Å². The molecule has 3 rings (SSSR count). The van der Waals surface area contributed by atoms with E-state index in [-0.39, 0.29) is 29.9 Å². The Morgan fingerprint density at radius 2 is 2.19 bits per heavy atom. The molecule has 1 atom stereocenters. The number of thiazole rings is 1. The van der Waals surface area contributed by atoms with E-state index in [1.807, 2.05) is 6.92 Å². The molecular weight excluding hydrogens is 373 g/mol. The fourth-order valence-electron chi connectivity index (χ4n) is 2.92. The number of benzene rings is 1. The standard InChI is InChI=1S/C17H18BNO7S/c1-4-24-14(20)7-13-15-9(2)5-10(6-11(15)18(22)26-13)25-17-19-12(8-27-17)16(21)23-3/h5-6,8,13,22H,4,7H2,1-3H3. The van der Waals surface area contributed by atoms with Gasteiger partial charge in [-0.25, -0.2) is 4.79 Å². The van der Waals surface area contributed by atoms with Crippen molar-refractivity contribution in [2.24, 2.45) is 0 Å². The van der Waals surface area contributed by atoms with Crippen LogP contribution in [0.4, 0.5) is 0 Å². The summed E-state index contributed by atoms with van der Waals surface area (Å²) in [6, 6.07) is 3.40. The average molecular weight is 391 g/mol. The van der Waals surface area contributed by atoms with Crippen molar-refractivity contribution in [1.82, 2.24) is 4.98 Å². The third-order valence-corrected chi connectivity index (χ3v) is 4.73. The molecule has 1 unspecified atom stereocenters. The summed E-state index contributed by atoms with van der Waals surface area (Å²) in [5.41, 5.74) is 2.24. The molecule has 0 radical (unpaired) electrons. The van der Waals surface area contributed by atoms with E-state index >= 15 is 0 Å². The highest BCUT2D eigenvalue weighted by molar-refractivity contribution is 7.11. The first-order valence-electron chi connectivity index (χ1n) is 8.28. The van der Waals surface area contributed by atoms with Gasteiger partial charge in [0.05, 0.1) is 26.2 Å². The molecule has 0 amide bonds. The van der Waals surface area contributed by atoms with Gasteiger partial charge in [-0.3, -0.25) is 4.79 Å². The molecule has 0 bridgehead atoms. The van der Waals surface area contributed by atoms with Crippen LogP contribution in [-0.4, -0.2) is 42.8 Å². The summed E-state index contributed by atoms with van der Waals surface area (Å²) in [5, 5.41) is 12.0. The summed E-state index contributed by atoms with van der Waals surface area (Å²) in [4.78, 5) is 27.3. The minimum Gasteiger partial charge on any atom is -0.466 e. The Morgan fingerprint density at radius 3 is 2.89 bits per heavy atom. The Labute approximate surface area is 160 Å². The van der Waals surface area contributed by atoms with Crippen LogP contribution in [0.5, 0.6) is 10.9 Å². The highest BCUT2D eigenvalue weighted by Crippen LogP contribution is 2.34. The minimum atomic E-state index is -1.16. The Balaban J connectivity index is 1.82. The molecule has 0 fully saturated rings. The van der Waals surface area contributed by atoms with Gasteiger partial charge in [-0.2, -0.15) is 4.98 Å². The summed E-state index contributed by atoms with van der Waals surface area (Å²) < 4.78 is 20.8. The highest BCUT2D eigenvalue weighted by atomic mass is 32.1. The van der Waals surface area contributed by atoms with E-state index in [2.05, 4.69) is 9.72 Å². The first-order valence-corrected chi connectivity index (χ1v) is 9.16. The second-order valence-corrected chi connectivity index (χ2v) is 6.64. The van der Waals surface area contributed by atoms with Crippen molar-refractivity contribution in [2.45, 2.75) is 26.4 Å². The molecule has 1 aliphatic rings. The van der Waals surface area contributed by atoms with Crippen molar-refractivity contribution >= 4 is 35.9 Å². The fraction of sp³-hybridized carbons (Fsp3) is 0.353. The van der Waals surface area contributed by atoms with Gasteiger partial charge in [-0.05, 0) is 42.6 Å². The van der Waals surface area contributed by atoms with Crippen molar-refractivity contribution in [2.75, 3.05) is 13.7 Å². The minimum absolute atomic E-state index is 0.0217. The molecule has 10 heteroatoms. The zero-order valence-electron chi connectivity index (χ0n) is 15.1. The van der Waals surface area contributed by atoms with Crippen molar-refractivity contribution < 1.29 is 33.5 Å². The van der Waals surface area contributed by atoms with Crippen molar-refractivity contribution in [3.05, 3.63) is 34.3 Å². The van der Waals surface area contributed by atoms with Crippen LogP contribution in [0.25, 0.3) is 0 Å². The number of aryl methyl sites for hydroxylation is 1. The first-order chi connectivity index (χ1) is 12.9. The number of ether oxygens (including phenoxy) is 3. The van der Waals surface area contributed by atoms with Gasteiger partial charge >= 0.3 is 19.1 Å². The number of nitrogens with zero attached hydrogens (tertiary/aromatic N) is 1. The van der Waals surface area contributed by atoms with Crippen LogP contribution >= 0.6 is 11.3 Å². The molecule has 1 aliphatic heterocycles. The molecular formula is C17H18BNO7S. The molecule has 0 aliphatic carbocycles. The number of esters is 2. The lowest BCUT2D eigenvalue weighted by molar-refractivity contribution is -0.145. The molecule has 0 saturated heterocycles. The molecule has 1 aromatic heterocycles. The topological polar surface area (TPSA) is 104 Å². The predicted octanol–water partition coefficient (Wildman–Crippen LogP) is 1.74. The molecule has 27 heavy (non-hydrogen) atoms. The SMILES string of the molecule is CCOC(=O)CC1OB(O)c2cc(Oc3nc(C(=O)OC)cs3)cc(C)c21. The Hall–Kier alpha value is -2.43. The first kappa shape index (κ1) is 19.3. The number of methoxy groups -OCH3 is 1. The zero-order valence-corrected chi connectivity index (χ0v) is 15.9. The summed E-state index contributed by atoms with van der Waals surface area (Å²) in [5.74, 6) is -0.492. The molecule has 1 N–H and O–H groups in total. The monoisotopic (exact) mass is 391 g/mol. The van der Waals surface area contributed by atoms with Crippen molar-refractivity contribution in [3.63, 3.8) is 0 Å². The fourth-order valence-corrected chi connectivity index (χ4v) is 3.57. The Morgan fingerprint density at radius 1 is 1.41 bits per heavy atom. The third kappa shape index (κ3) is 4.13. The summed E-state index contributed by atoms with van der Waals surface area (Å²) in [6.45, 7) is 3.86. The van der Waals surface area contributed by atoms with Gasteiger partial charge in [-0.15, -0.1) is 0 Å². The van der Waals surface area contributed by atoms with E-state index in [1.165, 1.54) is 12.5 Å². The molecule has 0 saturated carbocycles. The van der Waals surface area contributed by atoms with Crippen LogP contribution in [0.3, 0.4) is 0 Å². The lowest BCUT2D eigenvalue weighted by Crippen LogP contribution is -2.28. The number of aromatic nitrogens is 1. The van der Waals surface area contributed by atoms with Crippen LogP contribution in [0.15, 0.2) is 17.5 Å². The number of carbonyl (C=O) groups excluding carboxylic acids is 2. The molecule has 1 aromatic carbocycles. The Bertz CT molecular complexity index is 869.